The number of aliphatic hydroxyl groups is 1. The molecule has 0 radical (unpaired) electrons. The maximum atomic E-state index is 11.4. The van der Waals surface area contributed by atoms with Crippen molar-refractivity contribution in [2.45, 2.75) is 46.1 Å². The smallest absolute Gasteiger partial charge is 0.220 e. The zero-order valence-electron chi connectivity index (χ0n) is 10.0. The van der Waals surface area contributed by atoms with Gasteiger partial charge in [-0.1, -0.05) is 13.8 Å². The summed E-state index contributed by atoms with van der Waals surface area (Å²) in [6.45, 7) is 6.65. The Bertz CT molecular complexity index is 193. The van der Waals surface area contributed by atoms with Crippen LogP contribution >= 0.6 is 0 Å². The van der Waals surface area contributed by atoms with Gasteiger partial charge in [-0.2, -0.15) is 0 Å². The Morgan fingerprint density at radius 1 is 1.47 bits per heavy atom. The van der Waals surface area contributed by atoms with E-state index in [1.807, 2.05) is 0 Å². The lowest BCUT2D eigenvalue weighted by Crippen LogP contribution is -2.35. The van der Waals surface area contributed by atoms with Crippen LogP contribution in [0.25, 0.3) is 0 Å². The summed E-state index contributed by atoms with van der Waals surface area (Å²) in [4.78, 5) is 11.4. The number of hydrogen-bond donors (Lipinski definition) is 3. The molecule has 0 aliphatic rings. The van der Waals surface area contributed by atoms with Crippen molar-refractivity contribution in [2.24, 2.45) is 11.1 Å². The Kier molecular flexibility index (Phi) is 6.52. The average molecular weight is 216 g/mol. The Labute approximate surface area is 92.2 Å². The van der Waals surface area contributed by atoms with E-state index >= 15 is 0 Å². The lowest BCUT2D eigenvalue weighted by atomic mass is 9.84. The van der Waals surface area contributed by atoms with Crippen molar-refractivity contribution >= 4 is 5.91 Å². The molecule has 0 fully saturated rings. The number of amides is 1. The molecule has 0 aromatic rings. The first-order chi connectivity index (χ1) is 6.91. The minimum absolute atomic E-state index is 0.00152. The highest BCUT2D eigenvalue weighted by Crippen LogP contribution is 2.25. The van der Waals surface area contributed by atoms with Crippen LogP contribution in [0.5, 0.6) is 0 Å². The molecule has 4 nitrogen and oxygen atoms in total. The number of aliphatic hydroxyl groups excluding tert-OH is 1. The van der Waals surface area contributed by atoms with Crippen molar-refractivity contribution in [3.05, 3.63) is 0 Å². The summed E-state index contributed by atoms with van der Waals surface area (Å²) in [5, 5.41) is 11.5. The van der Waals surface area contributed by atoms with Crippen LogP contribution in [0.4, 0.5) is 0 Å². The normalized spacial score (nSPS) is 13.7. The molecule has 1 amide bonds. The second kappa shape index (κ2) is 6.80. The van der Waals surface area contributed by atoms with Gasteiger partial charge in [-0.15, -0.1) is 0 Å². The molecule has 0 rings (SSSR count). The van der Waals surface area contributed by atoms with Gasteiger partial charge in [0, 0.05) is 12.5 Å². The fourth-order valence-corrected chi connectivity index (χ4v) is 1.36. The van der Waals surface area contributed by atoms with E-state index in [4.69, 9.17) is 10.8 Å². The summed E-state index contributed by atoms with van der Waals surface area (Å²) < 4.78 is 0. The van der Waals surface area contributed by atoms with E-state index in [1.165, 1.54) is 0 Å². The van der Waals surface area contributed by atoms with Gasteiger partial charge in [-0.25, -0.2) is 0 Å². The van der Waals surface area contributed by atoms with Gasteiger partial charge in [0.2, 0.25) is 5.91 Å². The minimum atomic E-state index is -0.157. The third-order valence-corrected chi connectivity index (χ3v) is 2.53. The van der Waals surface area contributed by atoms with Gasteiger partial charge >= 0.3 is 0 Å². The van der Waals surface area contributed by atoms with Crippen molar-refractivity contribution < 1.29 is 9.90 Å². The molecule has 0 saturated carbocycles. The standard InChI is InChI=1S/C11H24N2O2/c1-9(8-14)13-10(15)4-5-11(2,3)6-7-12/h9,14H,4-8,12H2,1-3H3,(H,13,15). The highest BCUT2D eigenvalue weighted by molar-refractivity contribution is 5.76. The van der Waals surface area contributed by atoms with Crippen molar-refractivity contribution in [2.75, 3.05) is 13.2 Å². The van der Waals surface area contributed by atoms with Crippen LogP contribution in [0, 0.1) is 5.41 Å². The van der Waals surface area contributed by atoms with Crippen LogP contribution in [0.1, 0.15) is 40.0 Å². The first-order valence-corrected chi connectivity index (χ1v) is 5.51. The summed E-state index contributed by atoms with van der Waals surface area (Å²) >= 11 is 0. The number of carbonyl (C=O) groups excluding carboxylic acids is 1. The quantitative estimate of drug-likeness (QED) is 0.584. The molecule has 1 atom stereocenters. The van der Waals surface area contributed by atoms with Gasteiger partial charge in [0.05, 0.1) is 6.61 Å². The highest BCUT2D eigenvalue weighted by Gasteiger charge is 2.18. The Morgan fingerprint density at radius 3 is 2.53 bits per heavy atom. The monoisotopic (exact) mass is 216 g/mol. The molecule has 0 aliphatic heterocycles. The van der Waals surface area contributed by atoms with Crippen molar-refractivity contribution in [3.63, 3.8) is 0 Å². The summed E-state index contributed by atoms with van der Waals surface area (Å²) in [6, 6.07) is -0.157. The van der Waals surface area contributed by atoms with Crippen LogP contribution in [-0.2, 0) is 4.79 Å². The first kappa shape index (κ1) is 14.4. The van der Waals surface area contributed by atoms with Gasteiger partial charge in [0.15, 0.2) is 0 Å². The third kappa shape index (κ3) is 7.33. The zero-order chi connectivity index (χ0) is 11.9. The molecule has 0 spiro atoms. The Hall–Kier alpha value is -0.610. The molecule has 0 bridgehead atoms. The molecule has 0 aromatic carbocycles. The summed E-state index contributed by atoms with van der Waals surface area (Å²) in [7, 11) is 0. The predicted molar refractivity (Wildman–Crippen MR) is 61.4 cm³/mol. The second-order valence-electron chi connectivity index (χ2n) is 4.85. The summed E-state index contributed by atoms with van der Waals surface area (Å²) in [5.74, 6) is 0.00152. The van der Waals surface area contributed by atoms with E-state index in [9.17, 15) is 4.79 Å². The molecule has 0 saturated heterocycles. The largest absolute Gasteiger partial charge is 0.394 e. The minimum Gasteiger partial charge on any atom is -0.394 e. The number of hydrogen-bond acceptors (Lipinski definition) is 3. The van der Waals surface area contributed by atoms with E-state index in [0.717, 1.165) is 12.8 Å². The van der Waals surface area contributed by atoms with Gasteiger partial charge in [0.1, 0.15) is 0 Å². The van der Waals surface area contributed by atoms with Crippen LogP contribution in [0.15, 0.2) is 0 Å². The SMILES string of the molecule is CC(CO)NC(=O)CCC(C)(C)CCN. The zero-order valence-corrected chi connectivity index (χ0v) is 10.0. The van der Waals surface area contributed by atoms with Gasteiger partial charge in [-0.3, -0.25) is 4.79 Å². The molecular formula is C11H24N2O2. The van der Waals surface area contributed by atoms with Gasteiger partial charge in [0.25, 0.3) is 0 Å². The molecular weight excluding hydrogens is 192 g/mol. The maximum Gasteiger partial charge on any atom is 0.220 e. The molecule has 4 N–H and O–H groups in total. The van der Waals surface area contributed by atoms with Crippen LogP contribution < -0.4 is 11.1 Å². The molecule has 0 aromatic heterocycles. The number of nitrogens with one attached hydrogen (secondary N) is 1. The molecule has 15 heavy (non-hydrogen) atoms. The fraction of sp³-hybridized carbons (Fsp3) is 0.909. The van der Waals surface area contributed by atoms with E-state index in [1.54, 1.807) is 6.92 Å². The summed E-state index contributed by atoms with van der Waals surface area (Å²) in [6.07, 6.45) is 2.25. The van der Waals surface area contributed by atoms with Crippen molar-refractivity contribution in [1.82, 2.24) is 5.32 Å². The van der Waals surface area contributed by atoms with Crippen LogP contribution in [-0.4, -0.2) is 30.2 Å². The average Bonchev–Trinajstić information content (AvgIpc) is 2.15. The highest BCUT2D eigenvalue weighted by atomic mass is 16.3. The molecule has 0 heterocycles. The topological polar surface area (TPSA) is 75.3 Å². The van der Waals surface area contributed by atoms with E-state index in [-0.39, 0.29) is 24.0 Å². The van der Waals surface area contributed by atoms with Gasteiger partial charge in [-0.05, 0) is 31.7 Å². The van der Waals surface area contributed by atoms with Crippen LogP contribution in [0.2, 0.25) is 0 Å². The van der Waals surface area contributed by atoms with E-state index in [2.05, 4.69) is 19.2 Å². The molecule has 1 unspecified atom stereocenters. The van der Waals surface area contributed by atoms with Crippen molar-refractivity contribution in [1.29, 1.82) is 0 Å². The number of rotatable bonds is 7. The lowest BCUT2D eigenvalue weighted by Gasteiger charge is -2.23. The van der Waals surface area contributed by atoms with Crippen molar-refractivity contribution in [3.8, 4) is 0 Å². The number of carbonyl (C=O) groups is 1. The second-order valence-corrected chi connectivity index (χ2v) is 4.85. The third-order valence-electron chi connectivity index (χ3n) is 2.53. The van der Waals surface area contributed by atoms with E-state index in [0.29, 0.717) is 13.0 Å². The molecule has 4 heteroatoms. The molecule has 90 valence electrons. The number of nitrogens with two attached hydrogens (primary N) is 1. The predicted octanol–water partition coefficient (Wildman–Crippen LogP) is 0.639. The first-order valence-electron chi connectivity index (χ1n) is 5.51. The molecule has 0 aliphatic carbocycles. The van der Waals surface area contributed by atoms with Gasteiger partial charge < -0.3 is 16.2 Å². The lowest BCUT2D eigenvalue weighted by molar-refractivity contribution is -0.122. The summed E-state index contributed by atoms with van der Waals surface area (Å²) in [5.41, 5.74) is 5.61. The Balaban J connectivity index is 3.79. The Morgan fingerprint density at radius 2 is 2.07 bits per heavy atom. The fourth-order valence-electron chi connectivity index (χ4n) is 1.36. The van der Waals surface area contributed by atoms with Crippen LogP contribution in [0.3, 0.4) is 0 Å². The maximum absolute atomic E-state index is 11.4. The van der Waals surface area contributed by atoms with E-state index < -0.39 is 0 Å².